The third kappa shape index (κ3) is 1.75. The molecule has 58 valence electrons. The van der Waals surface area contributed by atoms with E-state index in [4.69, 9.17) is 28.5 Å². The lowest BCUT2D eigenvalue weighted by molar-refractivity contribution is 0.184. The lowest BCUT2D eigenvalue weighted by atomic mass is 10.1. The van der Waals surface area contributed by atoms with Crippen molar-refractivity contribution in [2.24, 2.45) is 0 Å². The van der Waals surface area contributed by atoms with Gasteiger partial charge in [-0.05, 0) is 18.2 Å². The van der Waals surface area contributed by atoms with Gasteiger partial charge in [0.05, 0.1) is 11.4 Å². The van der Waals surface area contributed by atoms with Gasteiger partial charge in [-0.25, -0.2) is 0 Å². The number of rotatable bonds is 0. The summed E-state index contributed by atoms with van der Waals surface area (Å²) in [5, 5.41) is 15.4. The largest absolute Gasteiger partial charge is 0.370 e. The molecule has 2 nitrogen and oxygen atoms in total. The van der Waals surface area contributed by atoms with E-state index in [1.54, 1.807) is 0 Å². The van der Waals surface area contributed by atoms with Gasteiger partial charge in [-0.2, -0.15) is 5.26 Å². The molecule has 4 heteroatoms. The van der Waals surface area contributed by atoms with Crippen LogP contribution in [-0.4, -0.2) is 15.5 Å². The van der Waals surface area contributed by atoms with E-state index >= 15 is 0 Å². The van der Waals surface area contributed by atoms with Crippen LogP contribution in [0.25, 0.3) is 0 Å². The highest BCUT2D eigenvalue weighted by Gasteiger charge is 2.31. The van der Waals surface area contributed by atoms with Gasteiger partial charge in [-0.1, -0.05) is 11.6 Å². The average molecular weight is 190 g/mol. The van der Waals surface area contributed by atoms with Crippen molar-refractivity contribution in [2.45, 2.75) is 10.4 Å². The van der Waals surface area contributed by atoms with Crippen molar-refractivity contribution in [2.75, 3.05) is 0 Å². The summed E-state index contributed by atoms with van der Waals surface area (Å²) in [6.07, 6.45) is 4.14. The van der Waals surface area contributed by atoms with Crippen molar-refractivity contribution in [1.82, 2.24) is 0 Å². The van der Waals surface area contributed by atoms with Crippen LogP contribution >= 0.6 is 23.2 Å². The molecule has 0 aromatic heterocycles. The van der Waals surface area contributed by atoms with Gasteiger partial charge < -0.3 is 5.11 Å². The first kappa shape index (κ1) is 8.61. The van der Waals surface area contributed by atoms with Gasteiger partial charge in [0.2, 0.25) is 0 Å². The van der Waals surface area contributed by atoms with Gasteiger partial charge >= 0.3 is 0 Å². The minimum absolute atomic E-state index is 0.412. The van der Waals surface area contributed by atoms with E-state index in [2.05, 4.69) is 0 Å². The maximum Gasteiger partial charge on any atom is 0.177 e. The van der Waals surface area contributed by atoms with E-state index in [-0.39, 0.29) is 0 Å². The molecule has 0 saturated heterocycles. The Bertz CT molecular complexity index is 262. The zero-order valence-corrected chi connectivity index (χ0v) is 6.97. The first-order chi connectivity index (χ1) is 5.06. The van der Waals surface area contributed by atoms with Gasteiger partial charge in [0.15, 0.2) is 5.06 Å². The van der Waals surface area contributed by atoms with Crippen LogP contribution in [0.5, 0.6) is 0 Å². The molecule has 2 unspecified atom stereocenters. The molecule has 0 bridgehead atoms. The number of alkyl halides is 2. The first-order valence-electron chi connectivity index (χ1n) is 2.93. The minimum atomic E-state index is -1.55. The highest BCUT2D eigenvalue weighted by molar-refractivity contribution is 6.33. The average Bonchev–Trinajstić information content (AvgIpc) is 1.95. The Balaban J connectivity index is 2.90. The minimum Gasteiger partial charge on any atom is -0.370 e. The maximum atomic E-state index is 9.25. The molecule has 0 amide bonds. The zero-order valence-electron chi connectivity index (χ0n) is 5.46. The molecule has 0 saturated carbocycles. The van der Waals surface area contributed by atoms with E-state index in [0.29, 0.717) is 5.57 Å². The number of aliphatic hydroxyl groups is 1. The van der Waals surface area contributed by atoms with Gasteiger partial charge in [0.1, 0.15) is 0 Å². The monoisotopic (exact) mass is 189 g/mol. The van der Waals surface area contributed by atoms with Crippen molar-refractivity contribution in [1.29, 1.82) is 5.26 Å². The Hall–Kier alpha value is -0.490. The third-order valence-corrected chi connectivity index (χ3v) is 2.27. The fourth-order valence-electron chi connectivity index (χ4n) is 0.703. The SMILES string of the molecule is N#CC1=CC(Cl)C(O)(Cl)C=C1. The Morgan fingerprint density at radius 3 is 2.82 bits per heavy atom. The Morgan fingerprint density at radius 1 is 1.73 bits per heavy atom. The molecular formula is C7H5Cl2NO. The van der Waals surface area contributed by atoms with Crippen molar-refractivity contribution in [3.63, 3.8) is 0 Å². The zero-order chi connectivity index (χ0) is 8.48. The van der Waals surface area contributed by atoms with Crippen LogP contribution < -0.4 is 0 Å². The van der Waals surface area contributed by atoms with Crippen LogP contribution in [-0.2, 0) is 0 Å². The third-order valence-electron chi connectivity index (χ3n) is 1.34. The molecule has 11 heavy (non-hydrogen) atoms. The normalized spacial score (nSPS) is 36.2. The molecule has 1 aliphatic rings. The van der Waals surface area contributed by atoms with Crippen molar-refractivity contribution in [3.8, 4) is 6.07 Å². The summed E-state index contributed by atoms with van der Waals surface area (Å²) in [7, 11) is 0. The number of nitriles is 1. The van der Waals surface area contributed by atoms with Crippen molar-refractivity contribution in [3.05, 3.63) is 23.8 Å². The van der Waals surface area contributed by atoms with E-state index in [1.165, 1.54) is 18.2 Å². The highest BCUT2D eigenvalue weighted by Crippen LogP contribution is 2.29. The number of halogens is 2. The molecule has 0 heterocycles. The van der Waals surface area contributed by atoms with E-state index in [1.807, 2.05) is 6.07 Å². The summed E-state index contributed by atoms with van der Waals surface area (Å²) in [5.74, 6) is 0. The first-order valence-corrected chi connectivity index (χ1v) is 3.74. The second kappa shape index (κ2) is 2.86. The van der Waals surface area contributed by atoms with Gasteiger partial charge in [0, 0.05) is 5.57 Å². The molecule has 0 aliphatic heterocycles. The molecule has 1 aliphatic carbocycles. The molecule has 1 N–H and O–H groups in total. The molecule has 2 atom stereocenters. The standard InChI is InChI=1S/C7H5Cl2NO/c8-6-3-5(4-10)1-2-7(6,9)11/h1-3,6,11H. The lowest BCUT2D eigenvalue weighted by Gasteiger charge is -2.22. The van der Waals surface area contributed by atoms with Crippen LogP contribution in [0.3, 0.4) is 0 Å². The van der Waals surface area contributed by atoms with Crippen LogP contribution in [0.15, 0.2) is 23.8 Å². The topological polar surface area (TPSA) is 44.0 Å². The molecule has 0 spiro atoms. The van der Waals surface area contributed by atoms with Crippen molar-refractivity contribution >= 4 is 23.2 Å². The Labute approximate surface area is 74.3 Å². The molecule has 0 fully saturated rings. The maximum absolute atomic E-state index is 9.25. The molecule has 0 aromatic carbocycles. The molecule has 0 radical (unpaired) electrons. The number of hydrogen-bond donors (Lipinski definition) is 1. The second-order valence-corrected chi connectivity index (χ2v) is 3.27. The summed E-state index contributed by atoms with van der Waals surface area (Å²) in [5.41, 5.74) is 0.412. The van der Waals surface area contributed by atoms with Crippen LogP contribution in [0.1, 0.15) is 0 Å². The molecule has 0 aromatic rings. The van der Waals surface area contributed by atoms with E-state index in [9.17, 15) is 5.11 Å². The Kier molecular flexibility index (Phi) is 2.24. The van der Waals surface area contributed by atoms with Crippen molar-refractivity contribution < 1.29 is 5.11 Å². The fourth-order valence-corrected chi connectivity index (χ4v) is 1.04. The summed E-state index contributed by atoms with van der Waals surface area (Å²) in [4.78, 5) is 0. The smallest absolute Gasteiger partial charge is 0.177 e. The van der Waals surface area contributed by atoms with E-state index in [0.717, 1.165) is 0 Å². The fraction of sp³-hybridized carbons (Fsp3) is 0.286. The number of nitrogens with zero attached hydrogens (tertiary/aromatic N) is 1. The predicted octanol–water partition coefficient (Wildman–Crippen LogP) is 1.54. The summed E-state index contributed by atoms with van der Waals surface area (Å²) >= 11 is 11.1. The summed E-state index contributed by atoms with van der Waals surface area (Å²) < 4.78 is 0. The summed E-state index contributed by atoms with van der Waals surface area (Å²) in [6.45, 7) is 0. The van der Waals surface area contributed by atoms with Crippen LogP contribution in [0.2, 0.25) is 0 Å². The highest BCUT2D eigenvalue weighted by atomic mass is 35.5. The predicted molar refractivity (Wildman–Crippen MR) is 43.3 cm³/mol. The van der Waals surface area contributed by atoms with Gasteiger partial charge in [0.25, 0.3) is 0 Å². The van der Waals surface area contributed by atoms with Crippen LogP contribution in [0.4, 0.5) is 0 Å². The van der Waals surface area contributed by atoms with Gasteiger partial charge in [-0.15, -0.1) is 11.6 Å². The lowest BCUT2D eigenvalue weighted by Crippen LogP contribution is -2.30. The molecule has 1 rings (SSSR count). The summed E-state index contributed by atoms with van der Waals surface area (Å²) in [6, 6.07) is 1.89. The number of allylic oxidation sites excluding steroid dienone is 2. The van der Waals surface area contributed by atoms with E-state index < -0.39 is 10.4 Å². The number of hydrogen-bond acceptors (Lipinski definition) is 2. The van der Waals surface area contributed by atoms with Gasteiger partial charge in [-0.3, -0.25) is 0 Å². The molecular weight excluding hydrogens is 185 g/mol. The quantitative estimate of drug-likeness (QED) is 0.588. The second-order valence-electron chi connectivity index (χ2n) is 2.20. The van der Waals surface area contributed by atoms with Crippen LogP contribution in [0, 0.1) is 11.3 Å². The Morgan fingerprint density at radius 2 is 2.36 bits per heavy atom.